The average molecular weight is 268 g/mol. The molecular weight excluding hydrogens is 246 g/mol. The van der Waals surface area contributed by atoms with E-state index >= 15 is 0 Å². The highest BCUT2D eigenvalue weighted by atomic mass is 35.5. The van der Waals surface area contributed by atoms with Gasteiger partial charge in [-0.3, -0.25) is 0 Å². The van der Waals surface area contributed by atoms with E-state index in [1.165, 1.54) is 31.9 Å². The van der Waals surface area contributed by atoms with Crippen molar-refractivity contribution < 1.29 is 8.42 Å². The summed E-state index contributed by atoms with van der Waals surface area (Å²) in [5.41, 5.74) is 0.0934. The smallest absolute Gasteiger partial charge is 0.148 e. The van der Waals surface area contributed by atoms with Crippen molar-refractivity contribution in [2.75, 3.05) is 18.6 Å². The average Bonchev–Trinajstić information content (AvgIpc) is 2.66. The molecule has 16 heavy (non-hydrogen) atoms. The molecule has 5 heteroatoms. The lowest BCUT2D eigenvalue weighted by Crippen LogP contribution is -2.35. The van der Waals surface area contributed by atoms with Crippen LogP contribution in [0.1, 0.15) is 38.5 Å². The molecule has 2 rings (SSSR count). The van der Waals surface area contributed by atoms with Crippen molar-refractivity contribution in [3.05, 3.63) is 0 Å². The zero-order valence-corrected chi connectivity index (χ0v) is 11.5. The quantitative estimate of drug-likeness (QED) is 0.826. The number of hydrogen-bond donors (Lipinski definition) is 1. The molecule has 2 saturated carbocycles. The summed E-state index contributed by atoms with van der Waals surface area (Å²) in [5, 5.41) is 3.54. The first-order valence-electron chi connectivity index (χ1n) is 5.90. The fourth-order valence-corrected chi connectivity index (χ4v) is 4.10. The second-order valence-electron chi connectivity index (χ2n) is 5.43. The number of rotatable bonds is 5. The largest absolute Gasteiger partial charge is 0.313 e. The molecular formula is C11H22ClNO2S. The van der Waals surface area contributed by atoms with Gasteiger partial charge in [-0.15, -0.1) is 12.4 Å². The van der Waals surface area contributed by atoms with E-state index in [-0.39, 0.29) is 17.8 Å². The highest BCUT2D eigenvalue weighted by Crippen LogP contribution is 2.46. The highest BCUT2D eigenvalue weighted by Gasteiger charge is 2.45. The summed E-state index contributed by atoms with van der Waals surface area (Å²) in [6.07, 6.45) is 8.72. The van der Waals surface area contributed by atoms with Crippen molar-refractivity contribution in [2.24, 2.45) is 5.41 Å². The molecule has 0 aromatic rings. The van der Waals surface area contributed by atoms with E-state index in [1.54, 1.807) is 0 Å². The Balaban J connectivity index is 0.00000128. The Kier molecular flexibility index (Phi) is 4.66. The van der Waals surface area contributed by atoms with Gasteiger partial charge in [-0.05, 0) is 31.1 Å². The third kappa shape index (κ3) is 4.22. The van der Waals surface area contributed by atoms with E-state index in [0.717, 1.165) is 19.4 Å². The van der Waals surface area contributed by atoms with Crippen LogP contribution in [-0.4, -0.2) is 33.0 Å². The lowest BCUT2D eigenvalue weighted by atomic mass is 10.1. The Morgan fingerprint density at radius 2 is 1.81 bits per heavy atom. The Bertz CT molecular complexity index is 319. The zero-order chi connectivity index (χ0) is 10.9. The summed E-state index contributed by atoms with van der Waals surface area (Å²) >= 11 is 0. The normalized spacial score (nSPS) is 24.1. The van der Waals surface area contributed by atoms with E-state index in [4.69, 9.17) is 0 Å². The van der Waals surface area contributed by atoms with Crippen LogP contribution >= 0.6 is 12.4 Å². The minimum Gasteiger partial charge on any atom is -0.313 e. The van der Waals surface area contributed by atoms with Crippen LogP contribution in [0.2, 0.25) is 0 Å². The predicted octanol–water partition coefficient (Wildman–Crippen LogP) is 1.77. The Morgan fingerprint density at radius 3 is 2.25 bits per heavy atom. The van der Waals surface area contributed by atoms with E-state index in [9.17, 15) is 8.42 Å². The maximum absolute atomic E-state index is 11.3. The topological polar surface area (TPSA) is 46.2 Å². The monoisotopic (exact) mass is 267 g/mol. The molecule has 0 atom stereocenters. The van der Waals surface area contributed by atoms with E-state index < -0.39 is 9.84 Å². The number of hydrogen-bond acceptors (Lipinski definition) is 3. The molecule has 0 aromatic carbocycles. The molecule has 0 bridgehead atoms. The third-order valence-electron chi connectivity index (χ3n) is 3.65. The van der Waals surface area contributed by atoms with Gasteiger partial charge in [0, 0.05) is 18.8 Å². The number of sulfone groups is 1. The lowest BCUT2D eigenvalue weighted by molar-refractivity contribution is 0.435. The molecule has 96 valence electrons. The first kappa shape index (κ1) is 14.3. The van der Waals surface area contributed by atoms with Crippen molar-refractivity contribution >= 4 is 22.2 Å². The fourth-order valence-electron chi connectivity index (χ4n) is 2.60. The summed E-state index contributed by atoms with van der Waals surface area (Å²) in [6.45, 7) is 0.907. The molecule has 0 spiro atoms. The second-order valence-corrected chi connectivity index (χ2v) is 7.57. The van der Waals surface area contributed by atoms with Crippen LogP contribution in [0.25, 0.3) is 0 Å². The molecule has 0 heterocycles. The van der Waals surface area contributed by atoms with Gasteiger partial charge in [0.1, 0.15) is 9.84 Å². The van der Waals surface area contributed by atoms with Gasteiger partial charge in [-0.25, -0.2) is 8.42 Å². The summed E-state index contributed by atoms with van der Waals surface area (Å²) in [7, 11) is -2.81. The highest BCUT2D eigenvalue weighted by molar-refractivity contribution is 7.90. The summed E-state index contributed by atoms with van der Waals surface area (Å²) < 4.78 is 22.5. The Hall–Kier alpha value is 0.200. The van der Waals surface area contributed by atoms with Crippen LogP contribution in [0.4, 0.5) is 0 Å². The van der Waals surface area contributed by atoms with E-state index in [1.807, 2.05) is 0 Å². The molecule has 0 aliphatic heterocycles. The summed E-state index contributed by atoms with van der Waals surface area (Å²) in [6, 6.07) is 0.655. The molecule has 0 unspecified atom stereocenters. The zero-order valence-electron chi connectivity index (χ0n) is 9.87. The molecule has 2 aliphatic carbocycles. The molecule has 0 saturated heterocycles. The Morgan fingerprint density at radius 1 is 1.25 bits per heavy atom. The first-order chi connectivity index (χ1) is 6.99. The SMILES string of the molecule is CS(=O)(=O)CC1(CNC2CCCC2)CC1.Cl. The van der Waals surface area contributed by atoms with Crippen LogP contribution in [-0.2, 0) is 9.84 Å². The molecule has 0 radical (unpaired) electrons. The maximum atomic E-state index is 11.3. The standard InChI is InChI=1S/C11H21NO2S.ClH/c1-15(13,14)9-11(6-7-11)8-12-10-4-2-3-5-10;/h10,12H,2-9H2,1H3;1H. The minimum absolute atomic E-state index is 0. The number of nitrogens with one attached hydrogen (secondary N) is 1. The summed E-state index contributed by atoms with van der Waals surface area (Å²) in [5.74, 6) is 0.375. The van der Waals surface area contributed by atoms with Gasteiger partial charge in [0.25, 0.3) is 0 Å². The molecule has 2 fully saturated rings. The van der Waals surface area contributed by atoms with Crippen molar-refractivity contribution in [1.29, 1.82) is 0 Å². The maximum Gasteiger partial charge on any atom is 0.148 e. The molecule has 3 nitrogen and oxygen atoms in total. The van der Waals surface area contributed by atoms with Crippen LogP contribution in [0, 0.1) is 5.41 Å². The van der Waals surface area contributed by atoms with Gasteiger partial charge in [-0.2, -0.15) is 0 Å². The van der Waals surface area contributed by atoms with Crippen molar-refractivity contribution in [1.82, 2.24) is 5.32 Å². The summed E-state index contributed by atoms with van der Waals surface area (Å²) in [4.78, 5) is 0. The lowest BCUT2D eigenvalue weighted by Gasteiger charge is -2.18. The first-order valence-corrected chi connectivity index (χ1v) is 7.96. The molecule has 0 amide bonds. The Labute approximate surface area is 105 Å². The van der Waals surface area contributed by atoms with Gasteiger partial charge in [0.05, 0.1) is 5.75 Å². The van der Waals surface area contributed by atoms with Gasteiger partial charge < -0.3 is 5.32 Å². The van der Waals surface area contributed by atoms with Crippen molar-refractivity contribution in [2.45, 2.75) is 44.6 Å². The van der Waals surface area contributed by atoms with Gasteiger partial charge in [-0.1, -0.05) is 12.8 Å². The van der Waals surface area contributed by atoms with Gasteiger partial charge in [0.2, 0.25) is 0 Å². The van der Waals surface area contributed by atoms with Gasteiger partial charge >= 0.3 is 0 Å². The van der Waals surface area contributed by atoms with Crippen LogP contribution < -0.4 is 5.32 Å². The van der Waals surface area contributed by atoms with Crippen LogP contribution in [0.3, 0.4) is 0 Å². The van der Waals surface area contributed by atoms with Gasteiger partial charge in [0.15, 0.2) is 0 Å². The van der Waals surface area contributed by atoms with E-state index in [2.05, 4.69) is 5.32 Å². The molecule has 1 N–H and O–H groups in total. The minimum atomic E-state index is -2.81. The second kappa shape index (κ2) is 5.23. The predicted molar refractivity (Wildman–Crippen MR) is 68.9 cm³/mol. The van der Waals surface area contributed by atoms with Crippen molar-refractivity contribution in [3.63, 3.8) is 0 Å². The van der Waals surface area contributed by atoms with Crippen molar-refractivity contribution in [3.8, 4) is 0 Å². The van der Waals surface area contributed by atoms with E-state index in [0.29, 0.717) is 11.8 Å². The molecule has 0 aromatic heterocycles. The molecule has 2 aliphatic rings. The van der Waals surface area contributed by atoms with Crippen LogP contribution in [0.15, 0.2) is 0 Å². The number of halogens is 1. The third-order valence-corrected chi connectivity index (χ3v) is 4.78. The fraction of sp³-hybridized carbons (Fsp3) is 1.00. The van der Waals surface area contributed by atoms with Crippen LogP contribution in [0.5, 0.6) is 0 Å².